The quantitative estimate of drug-likeness (QED) is 0.747. The predicted molar refractivity (Wildman–Crippen MR) is 85.7 cm³/mol. The minimum absolute atomic E-state index is 0.587. The SMILES string of the molecule is Cc1ccccc1-c1c(C)c2cc(CN)ccc2n1C. The Kier molecular flexibility index (Phi) is 3.11. The molecule has 102 valence electrons. The molecule has 0 amide bonds. The second-order valence-corrected chi connectivity index (χ2v) is 5.40. The fourth-order valence-electron chi connectivity index (χ4n) is 3.02. The van der Waals surface area contributed by atoms with Crippen LogP contribution in [-0.4, -0.2) is 4.57 Å². The van der Waals surface area contributed by atoms with E-state index in [-0.39, 0.29) is 0 Å². The van der Waals surface area contributed by atoms with E-state index in [0.29, 0.717) is 6.54 Å². The number of hydrogen-bond donors (Lipinski definition) is 1. The molecule has 0 radical (unpaired) electrons. The van der Waals surface area contributed by atoms with Crippen LogP contribution in [0, 0.1) is 13.8 Å². The van der Waals surface area contributed by atoms with Crippen LogP contribution >= 0.6 is 0 Å². The molecular weight excluding hydrogens is 244 g/mol. The topological polar surface area (TPSA) is 30.9 Å². The lowest BCUT2D eigenvalue weighted by atomic mass is 10.0. The highest BCUT2D eigenvalue weighted by atomic mass is 14.9. The van der Waals surface area contributed by atoms with Crippen LogP contribution < -0.4 is 5.73 Å². The fraction of sp³-hybridized carbons (Fsp3) is 0.222. The molecule has 3 rings (SSSR count). The van der Waals surface area contributed by atoms with Gasteiger partial charge in [-0.25, -0.2) is 0 Å². The molecule has 2 N–H and O–H groups in total. The van der Waals surface area contributed by atoms with Gasteiger partial charge in [0, 0.05) is 30.1 Å². The smallest absolute Gasteiger partial charge is 0.0521 e. The van der Waals surface area contributed by atoms with Crippen LogP contribution in [0.4, 0.5) is 0 Å². The van der Waals surface area contributed by atoms with Crippen LogP contribution in [0.15, 0.2) is 42.5 Å². The summed E-state index contributed by atoms with van der Waals surface area (Å²) in [5.74, 6) is 0. The zero-order chi connectivity index (χ0) is 14.3. The van der Waals surface area contributed by atoms with Crippen molar-refractivity contribution >= 4 is 10.9 Å². The molecule has 0 saturated heterocycles. The molecule has 0 atom stereocenters. The van der Waals surface area contributed by atoms with Gasteiger partial charge in [0.25, 0.3) is 0 Å². The first-order valence-corrected chi connectivity index (χ1v) is 6.97. The molecule has 1 heterocycles. The number of hydrogen-bond acceptors (Lipinski definition) is 1. The van der Waals surface area contributed by atoms with E-state index in [1.807, 2.05) is 0 Å². The van der Waals surface area contributed by atoms with Gasteiger partial charge in [-0.05, 0) is 42.7 Å². The van der Waals surface area contributed by atoms with E-state index >= 15 is 0 Å². The minimum atomic E-state index is 0.587. The lowest BCUT2D eigenvalue weighted by molar-refractivity contribution is 0.971. The van der Waals surface area contributed by atoms with Crippen molar-refractivity contribution in [2.75, 3.05) is 0 Å². The van der Waals surface area contributed by atoms with Crippen molar-refractivity contribution in [1.29, 1.82) is 0 Å². The lowest BCUT2D eigenvalue weighted by Gasteiger charge is -2.09. The first-order chi connectivity index (χ1) is 9.63. The molecule has 3 aromatic rings. The van der Waals surface area contributed by atoms with E-state index in [9.17, 15) is 0 Å². The maximum Gasteiger partial charge on any atom is 0.0521 e. The van der Waals surface area contributed by atoms with Crippen LogP contribution in [0.3, 0.4) is 0 Å². The molecule has 2 nitrogen and oxygen atoms in total. The number of nitrogens with zero attached hydrogens (tertiary/aromatic N) is 1. The molecule has 2 heteroatoms. The number of rotatable bonds is 2. The highest BCUT2D eigenvalue weighted by Gasteiger charge is 2.14. The first-order valence-electron chi connectivity index (χ1n) is 6.97. The van der Waals surface area contributed by atoms with Crippen LogP contribution in [0.2, 0.25) is 0 Å². The molecule has 0 aliphatic carbocycles. The van der Waals surface area contributed by atoms with E-state index in [1.165, 1.54) is 38.9 Å². The van der Waals surface area contributed by atoms with Crippen molar-refractivity contribution in [1.82, 2.24) is 4.57 Å². The summed E-state index contributed by atoms with van der Waals surface area (Å²) in [7, 11) is 2.14. The number of benzene rings is 2. The Morgan fingerprint density at radius 2 is 1.80 bits per heavy atom. The van der Waals surface area contributed by atoms with Gasteiger partial charge in [-0.1, -0.05) is 30.3 Å². The molecule has 0 saturated carbocycles. The standard InChI is InChI=1S/C18H20N2/c1-12-6-4-5-7-15(12)18-13(2)16-10-14(11-19)8-9-17(16)20(18)3/h4-10H,11,19H2,1-3H3. The van der Waals surface area contributed by atoms with E-state index < -0.39 is 0 Å². The molecule has 0 spiro atoms. The third-order valence-electron chi connectivity index (χ3n) is 4.15. The van der Waals surface area contributed by atoms with Crippen LogP contribution in [-0.2, 0) is 13.6 Å². The van der Waals surface area contributed by atoms with Crippen molar-refractivity contribution in [3.05, 3.63) is 59.2 Å². The molecule has 20 heavy (non-hydrogen) atoms. The van der Waals surface area contributed by atoms with Gasteiger partial charge in [0.05, 0.1) is 5.69 Å². The Hall–Kier alpha value is -2.06. The number of aryl methyl sites for hydroxylation is 3. The largest absolute Gasteiger partial charge is 0.343 e. The second-order valence-electron chi connectivity index (χ2n) is 5.40. The normalized spacial score (nSPS) is 11.2. The van der Waals surface area contributed by atoms with E-state index in [1.54, 1.807) is 0 Å². The maximum absolute atomic E-state index is 5.76. The highest BCUT2D eigenvalue weighted by molar-refractivity contribution is 5.92. The molecule has 2 aromatic carbocycles. The monoisotopic (exact) mass is 264 g/mol. The third-order valence-corrected chi connectivity index (χ3v) is 4.15. The number of nitrogens with two attached hydrogens (primary N) is 1. The van der Waals surface area contributed by atoms with Crippen molar-refractivity contribution in [2.24, 2.45) is 12.8 Å². The van der Waals surface area contributed by atoms with Crippen molar-refractivity contribution in [3.8, 4) is 11.3 Å². The zero-order valence-corrected chi connectivity index (χ0v) is 12.3. The molecule has 0 aliphatic heterocycles. The average molecular weight is 264 g/mol. The summed E-state index contributed by atoms with van der Waals surface area (Å²) < 4.78 is 2.29. The predicted octanol–water partition coefficient (Wildman–Crippen LogP) is 3.92. The summed E-state index contributed by atoms with van der Waals surface area (Å²) in [6.45, 7) is 4.95. The van der Waals surface area contributed by atoms with Crippen molar-refractivity contribution in [2.45, 2.75) is 20.4 Å². The Morgan fingerprint density at radius 1 is 1.05 bits per heavy atom. The Balaban J connectivity index is 2.35. The Labute approximate surface area is 119 Å². The van der Waals surface area contributed by atoms with Gasteiger partial charge in [-0.3, -0.25) is 0 Å². The zero-order valence-electron chi connectivity index (χ0n) is 12.3. The maximum atomic E-state index is 5.76. The summed E-state index contributed by atoms with van der Waals surface area (Å²) in [6, 6.07) is 15.0. The molecular formula is C18H20N2. The van der Waals surface area contributed by atoms with E-state index in [0.717, 1.165) is 0 Å². The van der Waals surface area contributed by atoms with Gasteiger partial charge in [0.15, 0.2) is 0 Å². The van der Waals surface area contributed by atoms with E-state index in [4.69, 9.17) is 5.73 Å². The van der Waals surface area contributed by atoms with Crippen molar-refractivity contribution in [3.63, 3.8) is 0 Å². The Bertz CT molecular complexity index is 781. The number of fused-ring (bicyclic) bond motifs is 1. The Morgan fingerprint density at radius 3 is 2.50 bits per heavy atom. The van der Waals surface area contributed by atoms with Gasteiger partial charge in [0.1, 0.15) is 0 Å². The summed E-state index contributed by atoms with van der Waals surface area (Å²) in [5, 5.41) is 1.30. The van der Waals surface area contributed by atoms with Gasteiger partial charge >= 0.3 is 0 Å². The number of aromatic nitrogens is 1. The van der Waals surface area contributed by atoms with Crippen molar-refractivity contribution < 1.29 is 0 Å². The molecule has 1 aromatic heterocycles. The van der Waals surface area contributed by atoms with Crippen LogP contribution in [0.1, 0.15) is 16.7 Å². The van der Waals surface area contributed by atoms with Gasteiger partial charge < -0.3 is 10.3 Å². The van der Waals surface area contributed by atoms with Crippen LogP contribution in [0.5, 0.6) is 0 Å². The summed E-state index contributed by atoms with van der Waals surface area (Å²) in [6.07, 6.45) is 0. The lowest BCUT2D eigenvalue weighted by Crippen LogP contribution is -1.96. The second kappa shape index (κ2) is 4.80. The minimum Gasteiger partial charge on any atom is -0.343 e. The van der Waals surface area contributed by atoms with Crippen LogP contribution in [0.25, 0.3) is 22.2 Å². The molecule has 0 fully saturated rings. The molecule has 0 aliphatic rings. The molecule has 0 bridgehead atoms. The van der Waals surface area contributed by atoms with Gasteiger partial charge in [0.2, 0.25) is 0 Å². The summed E-state index contributed by atoms with van der Waals surface area (Å²) in [5.41, 5.74) is 13.4. The summed E-state index contributed by atoms with van der Waals surface area (Å²) in [4.78, 5) is 0. The molecule has 0 unspecified atom stereocenters. The summed E-state index contributed by atoms with van der Waals surface area (Å²) >= 11 is 0. The fourth-order valence-corrected chi connectivity index (χ4v) is 3.02. The van der Waals surface area contributed by atoms with Gasteiger partial charge in [-0.15, -0.1) is 0 Å². The first kappa shape index (κ1) is 12.9. The van der Waals surface area contributed by atoms with Gasteiger partial charge in [-0.2, -0.15) is 0 Å². The average Bonchev–Trinajstić information content (AvgIpc) is 2.71. The highest BCUT2D eigenvalue weighted by Crippen LogP contribution is 2.34. The van der Waals surface area contributed by atoms with E-state index in [2.05, 4.69) is 67.9 Å². The third kappa shape index (κ3) is 1.84.